The van der Waals surface area contributed by atoms with Crippen molar-refractivity contribution in [2.75, 3.05) is 0 Å². The molecule has 0 unspecified atom stereocenters. The number of benzene rings is 1. The van der Waals surface area contributed by atoms with Gasteiger partial charge in [-0.15, -0.1) is 0 Å². The monoisotopic (exact) mass is 355 g/mol. The molecule has 0 bridgehead atoms. The van der Waals surface area contributed by atoms with Crippen molar-refractivity contribution in [3.8, 4) is 0 Å². The third kappa shape index (κ3) is 3.96. The van der Waals surface area contributed by atoms with Gasteiger partial charge in [0, 0.05) is 12.0 Å². The van der Waals surface area contributed by atoms with Gasteiger partial charge in [0.15, 0.2) is 0 Å². The first kappa shape index (κ1) is 17.8. The summed E-state index contributed by atoms with van der Waals surface area (Å²) in [5.41, 5.74) is -0.484. The lowest BCUT2D eigenvalue weighted by molar-refractivity contribution is -0.143. The van der Waals surface area contributed by atoms with Crippen LogP contribution in [0.3, 0.4) is 0 Å². The molecule has 1 amide bonds. The molecule has 0 radical (unpaired) electrons. The first-order valence-corrected chi connectivity index (χ1v) is 8.46. The highest BCUT2D eigenvalue weighted by molar-refractivity contribution is 5.83. The molecule has 2 saturated carbocycles. The molecule has 0 saturated heterocycles. The lowest BCUT2D eigenvalue weighted by atomic mass is 9.86. The van der Waals surface area contributed by atoms with Gasteiger partial charge in [0.05, 0.1) is 11.5 Å². The van der Waals surface area contributed by atoms with Gasteiger partial charge in [-0.2, -0.15) is 13.2 Å². The van der Waals surface area contributed by atoms with Crippen molar-refractivity contribution >= 4 is 11.9 Å². The zero-order valence-corrected chi connectivity index (χ0v) is 13.6. The smallest absolute Gasteiger partial charge is 0.416 e. The van der Waals surface area contributed by atoms with Gasteiger partial charge in [-0.25, -0.2) is 0 Å². The van der Waals surface area contributed by atoms with Gasteiger partial charge in [-0.1, -0.05) is 18.2 Å². The maximum Gasteiger partial charge on any atom is 0.416 e. The molecule has 0 heterocycles. The van der Waals surface area contributed by atoms with Crippen molar-refractivity contribution in [3.05, 3.63) is 35.4 Å². The summed E-state index contributed by atoms with van der Waals surface area (Å²) in [6.45, 7) is 0. The quantitative estimate of drug-likeness (QED) is 0.868. The summed E-state index contributed by atoms with van der Waals surface area (Å²) in [5.74, 6) is -2.22. The topological polar surface area (TPSA) is 66.4 Å². The van der Waals surface area contributed by atoms with Gasteiger partial charge in [-0.05, 0) is 49.7 Å². The molecule has 2 aliphatic carbocycles. The highest BCUT2D eigenvalue weighted by atomic mass is 19.4. The van der Waals surface area contributed by atoms with Gasteiger partial charge >= 0.3 is 12.1 Å². The van der Waals surface area contributed by atoms with Gasteiger partial charge < -0.3 is 10.4 Å². The Balaban J connectivity index is 1.58. The first-order chi connectivity index (χ1) is 11.8. The van der Waals surface area contributed by atoms with Crippen molar-refractivity contribution in [2.24, 2.45) is 11.8 Å². The fraction of sp³-hybridized carbons (Fsp3) is 0.556. The van der Waals surface area contributed by atoms with E-state index in [2.05, 4.69) is 5.32 Å². The number of nitrogens with one attached hydrogen (secondary N) is 1. The molecule has 136 valence electrons. The number of carbonyl (C=O) groups excluding carboxylic acids is 1. The van der Waals surface area contributed by atoms with Crippen molar-refractivity contribution in [1.29, 1.82) is 0 Å². The van der Waals surface area contributed by atoms with Crippen LogP contribution in [-0.4, -0.2) is 23.0 Å². The largest absolute Gasteiger partial charge is 0.481 e. The van der Waals surface area contributed by atoms with Crippen LogP contribution in [-0.2, 0) is 15.8 Å². The molecule has 7 heteroatoms. The predicted octanol–water partition coefficient (Wildman–Crippen LogP) is 3.57. The van der Waals surface area contributed by atoms with Crippen LogP contribution in [0.15, 0.2) is 24.3 Å². The van der Waals surface area contributed by atoms with Crippen LogP contribution >= 0.6 is 0 Å². The number of rotatable bonds is 4. The van der Waals surface area contributed by atoms with E-state index in [1.54, 1.807) is 6.07 Å². The van der Waals surface area contributed by atoms with Crippen molar-refractivity contribution in [3.63, 3.8) is 0 Å². The Bertz CT molecular complexity index is 666. The van der Waals surface area contributed by atoms with Crippen molar-refractivity contribution < 1.29 is 27.9 Å². The number of hydrogen-bond acceptors (Lipinski definition) is 2. The summed E-state index contributed by atoms with van der Waals surface area (Å²) in [5, 5.41) is 11.9. The maximum atomic E-state index is 13.1. The predicted molar refractivity (Wildman–Crippen MR) is 83.8 cm³/mol. The van der Waals surface area contributed by atoms with E-state index in [4.69, 9.17) is 5.11 Å². The van der Waals surface area contributed by atoms with Crippen LogP contribution in [0.5, 0.6) is 0 Å². The lowest BCUT2D eigenvalue weighted by Gasteiger charge is -2.27. The second-order valence-corrected chi connectivity index (χ2v) is 6.93. The summed E-state index contributed by atoms with van der Waals surface area (Å²) in [6, 6.07) is 5.33. The molecule has 1 aromatic carbocycles. The number of carbonyl (C=O) groups is 2. The number of amides is 1. The Labute approximate surface area is 143 Å². The number of alkyl halides is 3. The lowest BCUT2D eigenvalue weighted by Crippen LogP contribution is -2.39. The standard InChI is InChI=1S/C18H20F3NO3/c19-18(20,21)15-4-2-1-3-12(15)13-9-14(13)16(23)22-11-7-5-10(6-8-11)17(24)25/h1-4,10-11,13-14H,5-9H2,(H,22,23)(H,24,25)/t10?,11?,13-,14-/m1/s1. The van der Waals surface area contributed by atoms with E-state index < -0.39 is 29.5 Å². The molecule has 2 N–H and O–H groups in total. The summed E-state index contributed by atoms with van der Waals surface area (Å²) >= 11 is 0. The number of carboxylic acids is 1. The fourth-order valence-electron chi connectivity index (χ4n) is 3.70. The number of halogens is 3. The van der Waals surface area contributed by atoms with Crippen molar-refractivity contribution in [1.82, 2.24) is 5.32 Å². The highest BCUT2D eigenvalue weighted by Gasteiger charge is 2.48. The number of aliphatic carboxylic acids is 1. The van der Waals surface area contributed by atoms with E-state index in [1.165, 1.54) is 12.1 Å². The molecule has 3 rings (SSSR count). The molecule has 2 fully saturated rings. The van der Waals surface area contributed by atoms with Crippen LogP contribution in [0.2, 0.25) is 0 Å². The van der Waals surface area contributed by atoms with Crippen molar-refractivity contribution in [2.45, 2.75) is 50.2 Å². The Kier molecular flexibility index (Phi) is 4.75. The third-order valence-corrected chi connectivity index (χ3v) is 5.22. The van der Waals surface area contributed by atoms with Crippen LogP contribution < -0.4 is 5.32 Å². The summed E-state index contributed by atoms with van der Waals surface area (Å²) in [4.78, 5) is 23.3. The molecule has 0 aromatic heterocycles. The number of carboxylic acid groups (broad SMARTS) is 1. The fourth-order valence-corrected chi connectivity index (χ4v) is 3.70. The minimum atomic E-state index is -4.42. The second kappa shape index (κ2) is 6.69. The highest BCUT2D eigenvalue weighted by Crippen LogP contribution is 2.51. The van der Waals surface area contributed by atoms with Gasteiger partial charge in [0.2, 0.25) is 5.91 Å². The average Bonchev–Trinajstić information content (AvgIpc) is 3.35. The Hall–Kier alpha value is -2.05. The second-order valence-electron chi connectivity index (χ2n) is 6.93. The Morgan fingerprint density at radius 2 is 1.72 bits per heavy atom. The van der Waals surface area contributed by atoms with E-state index in [0.29, 0.717) is 32.1 Å². The average molecular weight is 355 g/mol. The Morgan fingerprint density at radius 3 is 2.32 bits per heavy atom. The SMILES string of the molecule is O=C(O)C1CCC(NC(=O)[C@@H]2C[C@@H]2c2ccccc2C(F)(F)F)CC1. The van der Waals surface area contributed by atoms with Gasteiger partial charge in [0.1, 0.15) is 0 Å². The Morgan fingerprint density at radius 1 is 1.08 bits per heavy atom. The van der Waals surface area contributed by atoms with E-state index in [0.717, 1.165) is 6.07 Å². The molecule has 1 aromatic rings. The zero-order valence-electron chi connectivity index (χ0n) is 13.6. The molecular weight excluding hydrogens is 335 g/mol. The summed E-state index contributed by atoms with van der Waals surface area (Å²) in [7, 11) is 0. The zero-order chi connectivity index (χ0) is 18.2. The van der Waals surface area contributed by atoms with Gasteiger partial charge in [-0.3, -0.25) is 9.59 Å². The normalized spacial score (nSPS) is 29.1. The van der Waals surface area contributed by atoms with E-state index in [-0.39, 0.29) is 23.4 Å². The van der Waals surface area contributed by atoms with E-state index in [9.17, 15) is 22.8 Å². The molecule has 0 spiro atoms. The van der Waals surface area contributed by atoms with E-state index >= 15 is 0 Å². The molecule has 25 heavy (non-hydrogen) atoms. The number of hydrogen-bond donors (Lipinski definition) is 2. The molecule has 4 nitrogen and oxygen atoms in total. The molecular formula is C18H20F3NO3. The van der Waals surface area contributed by atoms with Crippen LogP contribution in [0.1, 0.15) is 49.1 Å². The maximum absolute atomic E-state index is 13.1. The minimum absolute atomic E-state index is 0.0813. The van der Waals surface area contributed by atoms with Crippen LogP contribution in [0.4, 0.5) is 13.2 Å². The minimum Gasteiger partial charge on any atom is -0.481 e. The van der Waals surface area contributed by atoms with Gasteiger partial charge in [0.25, 0.3) is 0 Å². The molecule has 2 aliphatic rings. The van der Waals surface area contributed by atoms with Crippen LogP contribution in [0, 0.1) is 11.8 Å². The van der Waals surface area contributed by atoms with E-state index in [1.807, 2.05) is 0 Å². The molecule has 0 aliphatic heterocycles. The molecule has 2 atom stereocenters. The first-order valence-electron chi connectivity index (χ1n) is 8.46. The van der Waals surface area contributed by atoms with Crippen LogP contribution in [0.25, 0.3) is 0 Å². The third-order valence-electron chi connectivity index (χ3n) is 5.22. The summed E-state index contributed by atoms with van der Waals surface area (Å²) < 4.78 is 39.3. The summed E-state index contributed by atoms with van der Waals surface area (Å²) in [6.07, 6.45) is -1.77.